The summed E-state index contributed by atoms with van der Waals surface area (Å²) in [6.07, 6.45) is -0.154. The van der Waals surface area contributed by atoms with E-state index in [4.69, 9.17) is 14.7 Å². The molecular formula is C12H23N3O9S2. The van der Waals surface area contributed by atoms with Crippen molar-refractivity contribution in [3.63, 3.8) is 0 Å². The molecule has 0 aromatic heterocycles. The molecule has 12 nitrogen and oxygen atoms in total. The second-order valence-electron chi connectivity index (χ2n) is 6.08. The van der Waals surface area contributed by atoms with Gasteiger partial charge in [0.15, 0.2) is 0 Å². The van der Waals surface area contributed by atoms with Crippen molar-refractivity contribution in [2.75, 3.05) is 39.4 Å². The van der Waals surface area contributed by atoms with Crippen LogP contribution in [0.5, 0.6) is 0 Å². The highest BCUT2D eigenvalue weighted by Crippen LogP contribution is 2.36. The molecule has 2 saturated heterocycles. The average molecular weight is 417 g/mol. The van der Waals surface area contributed by atoms with Crippen LogP contribution in [0.4, 0.5) is 0 Å². The summed E-state index contributed by atoms with van der Waals surface area (Å²) in [6, 6.07) is 0. The molecule has 1 amide bonds. The molecule has 26 heavy (non-hydrogen) atoms. The molecule has 0 unspecified atom stereocenters. The molecule has 0 saturated carbocycles. The normalized spacial score (nSPS) is 34.7. The Morgan fingerprint density at radius 3 is 2.31 bits per heavy atom. The fourth-order valence-corrected chi connectivity index (χ4v) is 4.85. The number of amides is 1. The minimum Gasteiger partial charge on any atom is -0.379 e. The van der Waals surface area contributed by atoms with Gasteiger partial charge in [-0.05, 0) is 13.3 Å². The fraction of sp³-hybridized carbons (Fsp3) is 0.917. The Hall–Kier alpha value is -0.870. The number of nitrogens with two attached hydrogens (primary N) is 1. The number of hydrogen-bond donors (Lipinski definition) is 2. The predicted octanol–water partition coefficient (Wildman–Crippen LogP) is -2.19. The van der Waals surface area contributed by atoms with E-state index in [1.807, 2.05) is 4.90 Å². The van der Waals surface area contributed by atoms with Crippen LogP contribution in [-0.2, 0) is 42.3 Å². The average Bonchev–Trinajstić information content (AvgIpc) is 2.58. The topological polar surface area (TPSA) is 164 Å². The molecule has 2 rings (SSSR count). The molecule has 152 valence electrons. The maximum Gasteiger partial charge on any atom is 0.418 e. The summed E-state index contributed by atoms with van der Waals surface area (Å²) in [4.78, 5) is 14.6. The highest BCUT2D eigenvalue weighted by molar-refractivity contribution is 7.95. The van der Waals surface area contributed by atoms with Crippen molar-refractivity contribution in [1.29, 1.82) is 0 Å². The number of carbonyl (C=O) groups excluding carboxylic acids is 1. The van der Waals surface area contributed by atoms with Gasteiger partial charge in [-0.3, -0.25) is 15.4 Å². The number of nitrogens with zero attached hydrogens (tertiary/aromatic N) is 1. The molecule has 2 atom stereocenters. The maximum absolute atomic E-state index is 12.6. The number of hydrogen-bond acceptors (Lipinski definition) is 11. The smallest absolute Gasteiger partial charge is 0.379 e. The lowest BCUT2D eigenvalue weighted by atomic mass is 9.89. The lowest BCUT2D eigenvalue weighted by Gasteiger charge is -2.38. The molecular weight excluding hydrogens is 394 g/mol. The van der Waals surface area contributed by atoms with Gasteiger partial charge >= 0.3 is 20.8 Å². The summed E-state index contributed by atoms with van der Waals surface area (Å²) in [6.45, 7) is 5.74. The molecule has 2 fully saturated rings. The van der Waals surface area contributed by atoms with Crippen LogP contribution in [0.25, 0.3) is 0 Å². The third kappa shape index (κ3) is 4.69. The zero-order valence-electron chi connectivity index (χ0n) is 14.5. The van der Waals surface area contributed by atoms with Crippen molar-refractivity contribution in [3.05, 3.63) is 0 Å². The lowest BCUT2D eigenvalue weighted by molar-refractivity contribution is -0.156. The number of carbonyl (C=O) groups is 1. The molecule has 14 heteroatoms. The SMILES string of the molecule is CC[C@]1(C)OS(=O)(=O)OS(=O)(=O)O[C@]1(N)C(=O)NCCN1CCOCC1. The van der Waals surface area contributed by atoms with E-state index >= 15 is 0 Å². The first-order valence-electron chi connectivity index (χ1n) is 7.92. The van der Waals surface area contributed by atoms with E-state index in [1.165, 1.54) is 6.92 Å². The Bertz CT molecular complexity index is 735. The van der Waals surface area contributed by atoms with Crippen molar-refractivity contribution in [2.24, 2.45) is 5.73 Å². The first kappa shape index (κ1) is 21.4. The number of nitrogens with one attached hydrogen (secondary N) is 1. The predicted molar refractivity (Wildman–Crippen MR) is 87.0 cm³/mol. The molecule has 2 aliphatic rings. The molecule has 0 aliphatic carbocycles. The summed E-state index contributed by atoms with van der Waals surface area (Å²) in [7, 11) is -10.1. The van der Waals surface area contributed by atoms with Gasteiger partial charge in [0.1, 0.15) is 5.60 Å². The Morgan fingerprint density at radius 2 is 1.73 bits per heavy atom. The molecule has 0 aromatic carbocycles. The van der Waals surface area contributed by atoms with Crippen LogP contribution in [-0.4, -0.2) is 78.4 Å². The van der Waals surface area contributed by atoms with E-state index < -0.39 is 38.0 Å². The highest BCUT2D eigenvalue weighted by atomic mass is 32.3. The van der Waals surface area contributed by atoms with E-state index in [9.17, 15) is 21.6 Å². The van der Waals surface area contributed by atoms with E-state index in [2.05, 4.69) is 13.1 Å². The molecule has 0 spiro atoms. The van der Waals surface area contributed by atoms with Crippen molar-refractivity contribution < 1.29 is 38.4 Å². The first-order valence-corrected chi connectivity index (χ1v) is 10.6. The largest absolute Gasteiger partial charge is 0.418 e. The standard InChI is InChI=1S/C12H23N3O9S2/c1-3-11(2)12(13,23-26(19,20)24-25(17,18)22-11)10(16)14-4-5-15-6-8-21-9-7-15/h3-9,13H2,1-2H3,(H,14,16)/t11-,12+/m0/s1. The summed E-state index contributed by atoms with van der Waals surface area (Å²) < 4.78 is 65.3. The third-order valence-electron chi connectivity index (χ3n) is 4.30. The van der Waals surface area contributed by atoms with Gasteiger partial charge in [-0.15, -0.1) is 3.63 Å². The zero-order chi connectivity index (χ0) is 19.6. The minimum atomic E-state index is -5.13. The van der Waals surface area contributed by atoms with Crippen molar-refractivity contribution in [1.82, 2.24) is 10.2 Å². The van der Waals surface area contributed by atoms with Crippen LogP contribution < -0.4 is 11.1 Å². The zero-order valence-corrected chi connectivity index (χ0v) is 16.1. The van der Waals surface area contributed by atoms with Gasteiger partial charge in [-0.25, -0.2) is 8.37 Å². The van der Waals surface area contributed by atoms with Crippen LogP contribution in [0.15, 0.2) is 0 Å². The summed E-state index contributed by atoms with van der Waals surface area (Å²) in [5.74, 6) is -1.04. The van der Waals surface area contributed by atoms with Crippen LogP contribution in [0.2, 0.25) is 0 Å². The van der Waals surface area contributed by atoms with Crippen LogP contribution in [0.3, 0.4) is 0 Å². The van der Waals surface area contributed by atoms with Gasteiger partial charge in [0.05, 0.1) is 13.2 Å². The number of morpholine rings is 1. The highest BCUT2D eigenvalue weighted by Gasteiger charge is 2.61. The van der Waals surface area contributed by atoms with Gasteiger partial charge in [0.2, 0.25) is 5.72 Å². The minimum absolute atomic E-state index is 0.134. The Kier molecular flexibility index (Phi) is 6.29. The molecule has 2 heterocycles. The monoisotopic (exact) mass is 417 g/mol. The van der Waals surface area contributed by atoms with Crippen molar-refractivity contribution in [2.45, 2.75) is 31.6 Å². The van der Waals surface area contributed by atoms with E-state index in [0.717, 1.165) is 6.92 Å². The van der Waals surface area contributed by atoms with Gasteiger partial charge in [0, 0.05) is 26.2 Å². The Balaban J connectivity index is 2.17. The van der Waals surface area contributed by atoms with Crippen LogP contribution in [0, 0.1) is 0 Å². The third-order valence-corrected chi connectivity index (χ3v) is 6.67. The fourth-order valence-electron chi connectivity index (χ4n) is 2.55. The molecule has 0 bridgehead atoms. The Morgan fingerprint density at radius 1 is 1.15 bits per heavy atom. The molecule has 0 aromatic rings. The summed E-state index contributed by atoms with van der Waals surface area (Å²) in [5, 5.41) is 2.46. The van der Waals surface area contributed by atoms with Crippen molar-refractivity contribution >= 4 is 26.7 Å². The Labute approximate surface area is 152 Å². The van der Waals surface area contributed by atoms with E-state index in [1.54, 1.807) is 0 Å². The van der Waals surface area contributed by atoms with Gasteiger partial charge in [0.25, 0.3) is 5.91 Å². The van der Waals surface area contributed by atoms with Gasteiger partial charge in [-0.1, -0.05) is 6.92 Å². The number of rotatable bonds is 5. The number of ether oxygens (including phenoxy) is 1. The van der Waals surface area contributed by atoms with E-state index in [-0.39, 0.29) is 13.0 Å². The first-order chi connectivity index (χ1) is 11.9. The lowest BCUT2D eigenvalue weighted by Crippen LogP contribution is -2.69. The second kappa shape index (κ2) is 7.63. The summed E-state index contributed by atoms with van der Waals surface area (Å²) in [5.41, 5.74) is 1.23. The second-order valence-corrected chi connectivity index (χ2v) is 8.59. The molecule has 0 radical (unpaired) electrons. The molecule has 3 N–H and O–H groups in total. The van der Waals surface area contributed by atoms with Crippen molar-refractivity contribution in [3.8, 4) is 0 Å². The van der Waals surface area contributed by atoms with Gasteiger partial charge < -0.3 is 10.1 Å². The van der Waals surface area contributed by atoms with Crippen LogP contribution >= 0.6 is 0 Å². The molecule has 2 aliphatic heterocycles. The maximum atomic E-state index is 12.6. The quantitative estimate of drug-likeness (QED) is 0.499. The van der Waals surface area contributed by atoms with Crippen LogP contribution in [0.1, 0.15) is 20.3 Å². The van der Waals surface area contributed by atoms with E-state index in [0.29, 0.717) is 32.8 Å². The summed E-state index contributed by atoms with van der Waals surface area (Å²) >= 11 is 0. The van der Waals surface area contributed by atoms with Gasteiger partial charge in [-0.2, -0.15) is 16.8 Å².